The molecule has 0 radical (unpaired) electrons. The largest absolute Gasteiger partial charge is 0.349 e. The Kier molecular flexibility index (Phi) is 6.07. The highest BCUT2D eigenvalue weighted by atomic mass is 35.5. The van der Waals surface area contributed by atoms with Gasteiger partial charge < -0.3 is 11.1 Å². The van der Waals surface area contributed by atoms with Gasteiger partial charge in [0, 0.05) is 10.9 Å². The van der Waals surface area contributed by atoms with Gasteiger partial charge in [0.15, 0.2) is 0 Å². The highest BCUT2D eigenvalue weighted by Gasteiger charge is 2.26. The second kappa shape index (κ2) is 7.81. The number of hydrogen-bond acceptors (Lipinski definition) is 2. The number of hydrogen-bond donors (Lipinski definition) is 2. The Hall–Kier alpha value is -1.06. The van der Waals surface area contributed by atoms with Crippen molar-refractivity contribution < 1.29 is 4.79 Å². The van der Waals surface area contributed by atoms with Crippen LogP contribution in [0.4, 0.5) is 0 Å². The molecular formula is C17H25ClN2O. The summed E-state index contributed by atoms with van der Waals surface area (Å²) in [6, 6.07) is 7.79. The molecule has 1 aromatic carbocycles. The van der Waals surface area contributed by atoms with Gasteiger partial charge in [-0.15, -0.1) is 0 Å². The molecule has 1 saturated carbocycles. The van der Waals surface area contributed by atoms with Gasteiger partial charge in [0.25, 0.3) is 0 Å². The van der Waals surface area contributed by atoms with Crippen LogP contribution in [-0.2, 0) is 4.79 Å². The van der Waals surface area contributed by atoms with Crippen molar-refractivity contribution in [3.8, 4) is 0 Å². The van der Waals surface area contributed by atoms with E-state index < -0.39 is 0 Å². The number of nitrogens with one attached hydrogen (secondary N) is 1. The lowest BCUT2D eigenvalue weighted by Gasteiger charge is -2.28. The van der Waals surface area contributed by atoms with E-state index in [9.17, 15) is 4.79 Å². The monoisotopic (exact) mass is 308 g/mol. The lowest BCUT2D eigenvalue weighted by atomic mass is 9.81. The van der Waals surface area contributed by atoms with E-state index in [1.165, 1.54) is 0 Å². The van der Waals surface area contributed by atoms with Crippen LogP contribution in [0.1, 0.15) is 50.6 Å². The number of carbonyl (C=O) groups excluding carboxylic acids is 1. The molecule has 3 N–H and O–H groups in total. The first-order valence-corrected chi connectivity index (χ1v) is 8.27. The molecule has 4 heteroatoms. The van der Waals surface area contributed by atoms with E-state index in [-0.39, 0.29) is 17.9 Å². The lowest BCUT2D eigenvalue weighted by molar-refractivity contribution is -0.127. The Morgan fingerprint density at radius 2 is 1.90 bits per heavy atom. The van der Waals surface area contributed by atoms with Crippen LogP contribution in [0.2, 0.25) is 5.02 Å². The molecule has 0 bridgehead atoms. The van der Waals surface area contributed by atoms with E-state index in [0.717, 1.165) is 49.2 Å². The molecule has 21 heavy (non-hydrogen) atoms. The van der Waals surface area contributed by atoms with E-state index in [0.29, 0.717) is 5.92 Å². The molecule has 1 amide bonds. The summed E-state index contributed by atoms with van der Waals surface area (Å²) < 4.78 is 0. The fourth-order valence-corrected chi connectivity index (χ4v) is 3.19. The first-order chi connectivity index (χ1) is 10.1. The van der Waals surface area contributed by atoms with Gasteiger partial charge in [-0.05, 0) is 62.3 Å². The van der Waals surface area contributed by atoms with Crippen LogP contribution < -0.4 is 11.1 Å². The maximum Gasteiger partial charge on any atom is 0.223 e. The van der Waals surface area contributed by atoms with Crippen molar-refractivity contribution in [1.29, 1.82) is 0 Å². The van der Waals surface area contributed by atoms with Crippen molar-refractivity contribution >= 4 is 17.5 Å². The highest BCUT2D eigenvalue weighted by Crippen LogP contribution is 2.29. The van der Waals surface area contributed by atoms with Crippen LogP contribution in [0.3, 0.4) is 0 Å². The summed E-state index contributed by atoms with van der Waals surface area (Å²) in [5.74, 6) is 0.939. The lowest BCUT2D eigenvalue weighted by Crippen LogP contribution is -2.36. The highest BCUT2D eigenvalue weighted by molar-refractivity contribution is 6.30. The maximum atomic E-state index is 12.4. The molecule has 1 fully saturated rings. The van der Waals surface area contributed by atoms with Gasteiger partial charge in [0.2, 0.25) is 5.91 Å². The zero-order valence-corrected chi connectivity index (χ0v) is 13.4. The summed E-state index contributed by atoms with van der Waals surface area (Å²) in [5, 5.41) is 3.91. The third-order valence-corrected chi connectivity index (χ3v) is 4.80. The second-order valence-electron chi connectivity index (χ2n) is 5.97. The summed E-state index contributed by atoms with van der Waals surface area (Å²) >= 11 is 5.92. The molecule has 1 atom stereocenters. The first kappa shape index (κ1) is 16.3. The first-order valence-electron chi connectivity index (χ1n) is 7.90. The van der Waals surface area contributed by atoms with Crippen molar-refractivity contribution in [2.75, 3.05) is 6.54 Å². The minimum absolute atomic E-state index is 0.0713. The number of amides is 1. The van der Waals surface area contributed by atoms with Crippen molar-refractivity contribution in [2.24, 2.45) is 17.6 Å². The second-order valence-corrected chi connectivity index (χ2v) is 6.41. The summed E-state index contributed by atoms with van der Waals surface area (Å²) in [6.07, 6.45) is 4.96. The van der Waals surface area contributed by atoms with Gasteiger partial charge in [0.05, 0.1) is 6.04 Å². The van der Waals surface area contributed by atoms with E-state index in [2.05, 4.69) is 12.2 Å². The fourth-order valence-electron chi connectivity index (χ4n) is 3.07. The average molecular weight is 309 g/mol. The van der Waals surface area contributed by atoms with Gasteiger partial charge in [-0.1, -0.05) is 30.7 Å². The summed E-state index contributed by atoms with van der Waals surface area (Å²) in [5.41, 5.74) is 6.82. The Morgan fingerprint density at radius 3 is 2.43 bits per heavy atom. The van der Waals surface area contributed by atoms with E-state index in [1.54, 1.807) is 0 Å². The van der Waals surface area contributed by atoms with Gasteiger partial charge in [0.1, 0.15) is 0 Å². The van der Waals surface area contributed by atoms with Gasteiger partial charge in [-0.3, -0.25) is 4.79 Å². The molecule has 0 saturated heterocycles. The van der Waals surface area contributed by atoms with E-state index >= 15 is 0 Å². The zero-order valence-electron chi connectivity index (χ0n) is 12.6. The maximum absolute atomic E-state index is 12.4. The SMILES string of the molecule is CCC(NC(=O)C1CCC(CN)CC1)c1ccc(Cl)cc1. The van der Waals surface area contributed by atoms with Crippen LogP contribution >= 0.6 is 11.6 Å². The predicted molar refractivity (Wildman–Crippen MR) is 87.1 cm³/mol. The molecule has 116 valence electrons. The molecular weight excluding hydrogens is 284 g/mol. The van der Waals surface area contributed by atoms with Crippen LogP contribution in [0, 0.1) is 11.8 Å². The fraction of sp³-hybridized carbons (Fsp3) is 0.588. The number of halogens is 1. The van der Waals surface area contributed by atoms with Crippen molar-refractivity contribution in [2.45, 2.75) is 45.1 Å². The Morgan fingerprint density at radius 1 is 1.29 bits per heavy atom. The molecule has 1 aliphatic rings. The molecule has 0 heterocycles. The van der Waals surface area contributed by atoms with Crippen LogP contribution in [0.5, 0.6) is 0 Å². The smallest absolute Gasteiger partial charge is 0.223 e. The van der Waals surface area contributed by atoms with E-state index in [1.807, 2.05) is 24.3 Å². The summed E-state index contributed by atoms with van der Waals surface area (Å²) in [4.78, 5) is 12.4. The quantitative estimate of drug-likeness (QED) is 0.872. The topological polar surface area (TPSA) is 55.1 Å². The third-order valence-electron chi connectivity index (χ3n) is 4.55. The average Bonchev–Trinajstić information content (AvgIpc) is 2.53. The van der Waals surface area contributed by atoms with Gasteiger partial charge in [-0.25, -0.2) is 0 Å². The predicted octanol–water partition coefficient (Wildman–Crippen LogP) is 3.67. The third kappa shape index (κ3) is 4.45. The molecule has 0 aliphatic heterocycles. The van der Waals surface area contributed by atoms with Gasteiger partial charge in [-0.2, -0.15) is 0 Å². The van der Waals surface area contributed by atoms with E-state index in [4.69, 9.17) is 17.3 Å². The number of rotatable bonds is 5. The van der Waals surface area contributed by atoms with Crippen LogP contribution in [-0.4, -0.2) is 12.5 Å². The molecule has 1 aliphatic carbocycles. The van der Waals surface area contributed by atoms with Crippen molar-refractivity contribution in [3.63, 3.8) is 0 Å². The van der Waals surface area contributed by atoms with Crippen molar-refractivity contribution in [1.82, 2.24) is 5.32 Å². The van der Waals surface area contributed by atoms with Crippen LogP contribution in [0.25, 0.3) is 0 Å². The minimum Gasteiger partial charge on any atom is -0.349 e. The number of carbonyl (C=O) groups is 1. The Labute approximate surface area is 132 Å². The molecule has 3 nitrogen and oxygen atoms in total. The van der Waals surface area contributed by atoms with Gasteiger partial charge >= 0.3 is 0 Å². The summed E-state index contributed by atoms with van der Waals surface area (Å²) in [6.45, 7) is 2.83. The van der Waals surface area contributed by atoms with Crippen LogP contribution in [0.15, 0.2) is 24.3 Å². The standard InChI is InChI=1S/C17H25ClN2O/c1-2-16(13-7-9-15(18)10-8-13)20-17(21)14-5-3-12(11-19)4-6-14/h7-10,12,14,16H,2-6,11,19H2,1H3,(H,20,21). The Bertz CT molecular complexity index is 452. The molecule has 2 rings (SSSR count). The number of benzene rings is 1. The molecule has 0 spiro atoms. The normalized spacial score (nSPS) is 23.6. The Balaban J connectivity index is 1.92. The minimum atomic E-state index is 0.0713. The summed E-state index contributed by atoms with van der Waals surface area (Å²) in [7, 11) is 0. The molecule has 0 aromatic heterocycles. The molecule has 1 aromatic rings. The number of nitrogens with two attached hydrogens (primary N) is 1. The molecule has 1 unspecified atom stereocenters. The zero-order chi connectivity index (χ0) is 15.2. The van der Waals surface area contributed by atoms with Crippen molar-refractivity contribution in [3.05, 3.63) is 34.9 Å².